The number of para-hydroxylation sites is 1. The van der Waals surface area contributed by atoms with E-state index in [-0.39, 0.29) is 29.7 Å². The topological polar surface area (TPSA) is 89.6 Å². The first kappa shape index (κ1) is 25.9. The summed E-state index contributed by atoms with van der Waals surface area (Å²) in [7, 11) is -2.90. The number of fused-ring (bicyclic) bond motifs is 1. The summed E-state index contributed by atoms with van der Waals surface area (Å²) in [4.78, 5) is 10.4. The molecule has 0 unspecified atom stereocenters. The molecule has 3 rings (SSSR count). The number of likely N-dealkylation sites (tertiary alicyclic amines) is 1. The zero-order valence-electron chi connectivity index (χ0n) is 18.8. The Balaban J connectivity index is 0.00000341. The largest absolute Gasteiger partial charge is 0.361 e. The molecular formula is C22H36IN5O2S. The molecule has 0 saturated carbocycles. The summed E-state index contributed by atoms with van der Waals surface area (Å²) in [5.41, 5.74) is 3.77. The minimum Gasteiger partial charge on any atom is -0.361 e. The van der Waals surface area contributed by atoms with E-state index in [9.17, 15) is 8.42 Å². The van der Waals surface area contributed by atoms with E-state index in [0.29, 0.717) is 12.6 Å². The average molecular weight is 562 g/mol. The molecule has 1 saturated heterocycles. The molecule has 3 N–H and O–H groups in total. The Morgan fingerprint density at radius 3 is 2.71 bits per heavy atom. The van der Waals surface area contributed by atoms with Gasteiger partial charge in [-0.3, -0.25) is 4.99 Å². The number of hydrogen-bond donors (Lipinski definition) is 3. The summed E-state index contributed by atoms with van der Waals surface area (Å²) in [5.74, 6) is 1.10. The van der Waals surface area contributed by atoms with Crippen LogP contribution in [0.2, 0.25) is 0 Å². The van der Waals surface area contributed by atoms with E-state index in [1.807, 2.05) is 0 Å². The smallest absolute Gasteiger partial charge is 0.191 e. The molecule has 7 nitrogen and oxygen atoms in total. The maximum absolute atomic E-state index is 11.4. The van der Waals surface area contributed by atoms with Crippen molar-refractivity contribution in [2.24, 2.45) is 4.99 Å². The fourth-order valence-corrected chi connectivity index (χ4v) is 4.56. The van der Waals surface area contributed by atoms with Gasteiger partial charge in [0.1, 0.15) is 9.84 Å². The molecule has 1 aromatic heterocycles. The normalized spacial score (nSPS) is 16.3. The molecule has 2 aromatic rings. The van der Waals surface area contributed by atoms with Crippen LogP contribution in [0.15, 0.2) is 29.4 Å². The Morgan fingerprint density at radius 1 is 1.29 bits per heavy atom. The van der Waals surface area contributed by atoms with Crippen LogP contribution in [0.1, 0.15) is 30.9 Å². The van der Waals surface area contributed by atoms with Crippen molar-refractivity contribution in [1.29, 1.82) is 0 Å². The number of aromatic nitrogens is 1. The molecule has 0 aliphatic carbocycles. The summed E-state index contributed by atoms with van der Waals surface area (Å²) >= 11 is 0. The third kappa shape index (κ3) is 7.94. The van der Waals surface area contributed by atoms with Gasteiger partial charge in [-0.1, -0.05) is 18.2 Å². The van der Waals surface area contributed by atoms with E-state index in [4.69, 9.17) is 4.99 Å². The lowest BCUT2D eigenvalue weighted by atomic mass is 10.1. The Labute approximate surface area is 203 Å². The van der Waals surface area contributed by atoms with E-state index in [2.05, 4.69) is 58.8 Å². The molecule has 1 fully saturated rings. The number of benzene rings is 1. The number of rotatable bonds is 8. The van der Waals surface area contributed by atoms with Gasteiger partial charge in [-0.25, -0.2) is 8.42 Å². The van der Waals surface area contributed by atoms with Crippen LogP contribution < -0.4 is 10.6 Å². The molecule has 1 aliphatic rings. The monoisotopic (exact) mass is 561 g/mol. The molecule has 0 amide bonds. The summed E-state index contributed by atoms with van der Waals surface area (Å²) in [6.07, 6.45) is 6.29. The van der Waals surface area contributed by atoms with Crippen LogP contribution >= 0.6 is 24.0 Å². The van der Waals surface area contributed by atoms with Gasteiger partial charge in [-0.15, -0.1) is 24.0 Å². The molecule has 2 heterocycles. The first-order valence-electron chi connectivity index (χ1n) is 10.9. The molecule has 0 atom stereocenters. The standard InChI is InChI=1S/C22H35N5O2S.HI/c1-4-23-22(26-19-9-12-27(13-10-19)14-15-30(3,28)29)24-11-8-18-16-25-21-17(2)6-5-7-20(18)21;/h5-7,16,19,25H,4,8-15H2,1-3H3,(H2,23,24,26);1H. The number of aliphatic imine (C=N–C) groups is 1. The molecule has 174 valence electrons. The number of aryl methyl sites for hydroxylation is 1. The fourth-order valence-electron chi connectivity index (χ4n) is 3.97. The van der Waals surface area contributed by atoms with Crippen LogP contribution in [0, 0.1) is 6.92 Å². The number of piperidine rings is 1. The third-order valence-electron chi connectivity index (χ3n) is 5.71. The molecule has 0 bridgehead atoms. The maximum Gasteiger partial charge on any atom is 0.191 e. The van der Waals surface area contributed by atoms with Crippen LogP contribution in [0.5, 0.6) is 0 Å². The van der Waals surface area contributed by atoms with Crippen molar-refractivity contribution in [2.75, 3.05) is 44.7 Å². The lowest BCUT2D eigenvalue weighted by Crippen LogP contribution is -2.49. The summed E-state index contributed by atoms with van der Waals surface area (Å²) in [6, 6.07) is 6.76. The van der Waals surface area contributed by atoms with Crippen molar-refractivity contribution in [2.45, 2.75) is 39.2 Å². The van der Waals surface area contributed by atoms with Crippen LogP contribution in [-0.4, -0.2) is 75.0 Å². The average Bonchev–Trinajstić information content (AvgIpc) is 3.11. The Bertz CT molecular complexity index is 965. The Morgan fingerprint density at radius 2 is 2.03 bits per heavy atom. The quantitative estimate of drug-likeness (QED) is 0.262. The van der Waals surface area contributed by atoms with Gasteiger partial charge in [0.2, 0.25) is 0 Å². The first-order chi connectivity index (χ1) is 14.4. The zero-order chi connectivity index (χ0) is 21.6. The van der Waals surface area contributed by atoms with Crippen molar-refractivity contribution < 1.29 is 8.42 Å². The number of nitrogens with one attached hydrogen (secondary N) is 3. The molecule has 0 radical (unpaired) electrons. The third-order valence-corrected chi connectivity index (χ3v) is 6.64. The van der Waals surface area contributed by atoms with Gasteiger partial charge >= 0.3 is 0 Å². The van der Waals surface area contributed by atoms with E-state index >= 15 is 0 Å². The molecule has 1 aliphatic heterocycles. The zero-order valence-corrected chi connectivity index (χ0v) is 21.9. The van der Waals surface area contributed by atoms with Crippen molar-refractivity contribution >= 4 is 50.7 Å². The van der Waals surface area contributed by atoms with Crippen LogP contribution in [-0.2, 0) is 16.3 Å². The highest BCUT2D eigenvalue weighted by Crippen LogP contribution is 2.21. The van der Waals surface area contributed by atoms with Crippen LogP contribution in [0.25, 0.3) is 10.9 Å². The second-order valence-electron chi connectivity index (χ2n) is 8.21. The first-order valence-corrected chi connectivity index (χ1v) is 12.9. The lowest BCUT2D eigenvalue weighted by Gasteiger charge is -2.32. The number of nitrogens with zero attached hydrogens (tertiary/aromatic N) is 2. The van der Waals surface area contributed by atoms with E-state index in [0.717, 1.165) is 51.4 Å². The highest BCUT2D eigenvalue weighted by molar-refractivity contribution is 14.0. The second-order valence-corrected chi connectivity index (χ2v) is 10.5. The molecule has 0 spiro atoms. The number of halogens is 1. The minimum absolute atomic E-state index is 0. The number of hydrogen-bond acceptors (Lipinski definition) is 4. The summed E-state index contributed by atoms with van der Waals surface area (Å²) < 4.78 is 22.7. The Hall–Kier alpha value is -1.33. The van der Waals surface area contributed by atoms with E-state index in [1.54, 1.807) is 0 Å². The van der Waals surface area contributed by atoms with Crippen molar-refractivity contribution in [3.8, 4) is 0 Å². The van der Waals surface area contributed by atoms with Crippen LogP contribution in [0.3, 0.4) is 0 Å². The van der Waals surface area contributed by atoms with Crippen molar-refractivity contribution in [1.82, 2.24) is 20.5 Å². The number of aromatic amines is 1. The van der Waals surface area contributed by atoms with Gasteiger partial charge in [-0.05, 0) is 44.2 Å². The molecule has 31 heavy (non-hydrogen) atoms. The number of H-pyrrole nitrogens is 1. The SMILES string of the molecule is CCNC(=NCCc1c[nH]c2c(C)cccc12)NC1CCN(CCS(C)(=O)=O)CC1.I. The van der Waals surface area contributed by atoms with Crippen LogP contribution in [0.4, 0.5) is 0 Å². The Kier molecular flexibility index (Phi) is 10.1. The highest BCUT2D eigenvalue weighted by atomic mass is 127. The predicted molar refractivity (Wildman–Crippen MR) is 140 cm³/mol. The number of guanidine groups is 1. The minimum atomic E-state index is -2.90. The van der Waals surface area contributed by atoms with E-state index < -0.39 is 9.84 Å². The highest BCUT2D eigenvalue weighted by Gasteiger charge is 2.20. The molecular weight excluding hydrogens is 525 g/mol. The molecule has 9 heteroatoms. The van der Waals surface area contributed by atoms with Gasteiger partial charge in [-0.2, -0.15) is 0 Å². The number of sulfone groups is 1. The summed E-state index contributed by atoms with van der Waals surface area (Å²) in [5, 5.41) is 8.20. The van der Waals surface area contributed by atoms with Gasteiger partial charge in [0, 0.05) is 62.1 Å². The summed E-state index contributed by atoms with van der Waals surface area (Å²) in [6.45, 7) is 8.22. The fraction of sp³-hybridized carbons (Fsp3) is 0.591. The maximum atomic E-state index is 11.4. The van der Waals surface area contributed by atoms with Crippen molar-refractivity contribution in [3.63, 3.8) is 0 Å². The van der Waals surface area contributed by atoms with Gasteiger partial charge in [0.15, 0.2) is 5.96 Å². The van der Waals surface area contributed by atoms with Crippen molar-refractivity contribution in [3.05, 3.63) is 35.5 Å². The van der Waals surface area contributed by atoms with Gasteiger partial charge < -0.3 is 20.5 Å². The van der Waals surface area contributed by atoms with E-state index in [1.165, 1.54) is 28.3 Å². The lowest BCUT2D eigenvalue weighted by molar-refractivity contribution is 0.216. The van der Waals surface area contributed by atoms with Gasteiger partial charge in [0.05, 0.1) is 5.75 Å². The van der Waals surface area contributed by atoms with Gasteiger partial charge in [0.25, 0.3) is 0 Å². The second kappa shape index (κ2) is 12.1. The predicted octanol–water partition coefficient (Wildman–Crippen LogP) is 2.70. The molecule has 1 aromatic carbocycles.